The molecule has 1 aliphatic heterocycles. The molecule has 1 aromatic rings. The Morgan fingerprint density at radius 2 is 1.61 bits per heavy atom. The maximum absolute atomic E-state index is 12.9. The van der Waals surface area contributed by atoms with E-state index in [1.165, 1.54) is 24.3 Å². The monoisotopic (exact) mass is 362 g/mol. The average molecular weight is 363 g/mol. The molecule has 0 aromatic heterocycles. The quantitative estimate of drug-likeness (QED) is 0.612. The summed E-state index contributed by atoms with van der Waals surface area (Å²) < 4.78 is 77.7. The second-order valence-electron chi connectivity index (χ2n) is 5.14. The zero-order valence-corrected chi connectivity index (χ0v) is 12.4. The predicted molar refractivity (Wildman–Crippen MR) is 73.2 cm³/mol. The number of para-hydroxylation sites is 1. The maximum atomic E-state index is 12.9. The Bertz CT molecular complexity index is 573. The summed E-state index contributed by atoms with van der Waals surface area (Å²) in [6.07, 6.45) is -12.2. The van der Waals surface area contributed by atoms with Gasteiger partial charge in [0.1, 0.15) is 0 Å². The van der Waals surface area contributed by atoms with Gasteiger partial charge in [0.15, 0.2) is 5.41 Å². The summed E-state index contributed by atoms with van der Waals surface area (Å²) in [5.74, 6) is -0.937. The Balaban J connectivity index is 0.00000264. The third kappa shape index (κ3) is 3.19. The third-order valence-corrected chi connectivity index (χ3v) is 3.83. The van der Waals surface area contributed by atoms with Crippen molar-refractivity contribution in [1.29, 1.82) is 0 Å². The zero-order valence-electron chi connectivity index (χ0n) is 11.5. The Labute approximate surface area is 133 Å². The molecule has 1 heterocycles. The highest BCUT2D eigenvalue weighted by molar-refractivity contribution is 5.99. The number of carbonyl (C=O) groups is 1. The molecule has 1 fully saturated rings. The fourth-order valence-corrected chi connectivity index (χ4v) is 2.47. The topological polar surface area (TPSA) is 46.3 Å². The van der Waals surface area contributed by atoms with Crippen molar-refractivity contribution in [1.82, 2.24) is 4.90 Å². The molecule has 3 nitrogen and oxygen atoms in total. The molecule has 2 N–H and O–H groups in total. The Hall–Kier alpha value is -1.64. The molecule has 0 aliphatic carbocycles. The number of nitrogens with zero attached hydrogens (tertiary/aromatic N) is 1. The minimum Gasteiger partial charge on any atom is -0.398 e. The summed E-state index contributed by atoms with van der Waals surface area (Å²) in [6.45, 7) is -2.08. The van der Waals surface area contributed by atoms with Gasteiger partial charge in [0.2, 0.25) is 0 Å². The molecular formula is C13H13ClF6N2O. The second kappa shape index (κ2) is 6.10. The molecule has 1 aromatic carbocycles. The lowest BCUT2D eigenvalue weighted by atomic mass is 9.85. The molecule has 1 amide bonds. The van der Waals surface area contributed by atoms with Gasteiger partial charge in [-0.3, -0.25) is 4.79 Å². The fraction of sp³-hybridized carbons (Fsp3) is 0.462. The Morgan fingerprint density at radius 1 is 1.09 bits per heavy atom. The maximum Gasteiger partial charge on any atom is 0.404 e. The number of nitrogen functional groups attached to an aromatic ring is 1. The van der Waals surface area contributed by atoms with E-state index in [9.17, 15) is 31.1 Å². The standard InChI is InChI=1S/C13H12F6N2O.ClH/c14-12(15,16)11(13(17,18)19)5-6-21(7-11)10(22)8-3-1-2-4-9(8)20;/h1-4H,5-7,20H2;1H. The van der Waals surface area contributed by atoms with Crippen LogP contribution in [0.25, 0.3) is 0 Å². The molecule has 2 rings (SSSR count). The van der Waals surface area contributed by atoms with E-state index in [-0.39, 0.29) is 23.7 Å². The molecule has 0 unspecified atom stereocenters. The summed E-state index contributed by atoms with van der Waals surface area (Å²) in [7, 11) is 0. The SMILES string of the molecule is Cl.Nc1ccccc1C(=O)N1CCC(C(F)(F)F)(C(F)(F)F)C1. The van der Waals surface area contributed by atoms with Crippen molar-refractivity contribution >= 4 is 24.0 Å². The van der Waals surface area contributed by atoms with Gasteiger partial charge in [0, 0.05) is 18.8 Å². The molecular weight excluding hydrogens is 350 g/mol. The molecule has 130 valence electrons. The number of rotatable bonds is 1. The van der Waals surface area contributed by atoms with Crippen LogP contribution >= 0.6 is 12.4 Å². The smallest absolute Gasteiger partial charge is 0.398 e. The minimum atomic E-state index is -5.48. The number of halogens is 7. The first-order valence-corrected chi connectivity index (χ1v) is 6.27. The number of hydrogen-bond acceptors (Lipinski definition) is 2. The van der Waals surface area contributed by atoms with Gasteiger partial charge >= 0.3 is 12.4 Å². The Morgan fingerprint density at radius 3 is 2.04 bits per heavy atom. The number of benzene rings is 1. The van der Waals surface area contributed by atoms with Crippen LogP contribution in [0, 0.1) is 5.41 Å². The van der Waals surface area contributed by atoms with Crippen molar-refractivity contribution in [3.8, 4) is 0 Å². The van der Waals surface area contributed by atoms with Crippen molar-refractivity contribution in [2.45, 2.75) is 18.8 Å². The normalized spacial score (nSPS) is 17.7. The average Bonchev–Trinajstić information content (AvgIpc) is 2.84. The summed E-state index contributed by atoms with van der Waals surface area (Å²) in [4.78, 5) is 12.7. The second-order valence-corrected chi connectivity index (χ2v) is 5.14. The van der Waals surface area contributed by atoms with Crippen LogP contribution in [0.4, 0.5) is 32.0 Å². The van der Waals surface area contributed by atoms with Crippen LogP contribution in [0.15, 0.2) is 24.3 Å². The number of likely N-dealkylation sites (tertiary alicyclic amines) is 1. The third-order valence-electron chi connectivity index (χ3n) is 3.83. The van der Waals surface area contributed by atoms with Gasteiger partial charge in [-0.15, -0.1) is 12.4 Å². The highest BCUT2D eigenvalue weighted by atomic mass is 35.5. The lowest BCUT2D eigenvalue weighted by molar-refractivity contribution is -0.334. The minimum absolute atomic E-state index is 0. The van der Waals surface area contributed by atoms with Crippen LogP contribution in [0.1, 0.15) is 16.8 Å². The van der Waals surface area contributed by atoms with E-state index in [2.05, 4.69) is 0 Å². The van der Waals surface area contributed by atoms with E-state index < -0.39 is 43.2 Å². The van der Waals surface area contributed by atoms with Gasteiger partial charge in [-0.05, 0) is 18.6 Å². The van der Waals surface area contributed by atoms with E-state index >= 15 is 0 Å². The van der Waals surface area contributed by atoms with Crippen molar-refractivity contribution in [3.05, 3.63) is 29.8 Å². The van der Waals surface area contributed by atoms with Crippen LogP contribution in [0.3, 0.4) is 0 Å². The lowest BCUT2D eigenvalue weighted by Crippen LogP contribution is -2.52. The first-order chi connectivity index (χ1) is 9.99. The number of amides is 1. The van der Waals surface area contributed by atoms with Gasteiger partial charge in [0.25, 0.3) is 5.91 Å². The van der Waals surface area contributed by atoms with Crippen LogP contribution in [0.5, 0.6) is 0 Å². The number of nitrogens with two attached hydrogens (primary N) is 1. The number of carbonyl (C=O) groups excluding carboxylic acids is 1. The Kier molecular flexibility index (Phi) is 5.15. The van der Waals surface area contributed by atoms with Crippen molar-refractivity contribution < 1.29 is 31.1 Å². The summed E-state index contributed by atoms with van der Waals surface area (Å²) >= 11 is 0. The highest BCUT2D eigenvalue weighted by Crippen LogP contribution is 2.55. The zero-order chi connectivity index (χ0) is 16.8. The van der Waals surface area contributed by atoms with Gasteiger partial charge in [-0.1, -0.05) is 12.1 Å². The van der Waals surface area contributed by atoms with Crippen LogP contribution < -0.4 is 5.73 Å². The summed E-state index contributed by atoms with van der Waals surface area (Å²) in [5.41, 5.74) is 1.54. The predicted octanol–water partition coefficient (Wildman–Crippen LogP) is 3.65. The molecule has 0 bridgehead atoms. The molecule has 0 radical (unpaired) electrons. The van der Waals surface area contributed by atoms with Gasteiger partial charge in [-0.25, -0.2) is 0 Å². The van der Waals surface area contributed by atoms with Crippen LogP contribution in [0.2, 0.25) is 0 Å². The first-order valence-electron chi connectivity index (χ1n) is 6.27. The number of alkyl halides is 6. The molecule has 1 saturated heterocycles. The van der Waals surface area contributed by atoms with E-state index in [4.69, 9.17) is 5.73 Å². The highest BCUT2D eigenvalue weighted by Gasteiger charge is 2.72. The summed E-state index contributed by atoms with van der Waals surface area (Å²) in [5, 5.41) is 0. The molecule has 1 aliphatic rings. The molecule has 0 spiro atoms. The van der Waals surface area contributed by atoms with Crippen molar-refractivity contribution in [2.75, 3.05) is 18.8 Å². The van der Waals surface area contributed by atoms with Crippen LogP contribution in [-0.2, 0) is 0 Å². The molecule has 23 heavy (non-hydrogen) atoms. The molecule has 10 heteroatoms. The van der Waals surface area contributed by atoms with Gasteiger partial charge in [0.05, 0.1) is 5.56 Å². The molecule has 0 atom stereocenters. The van der Waals surface area contributed by atoms with Gasteiger partial charge in [-0.2, -0.15) is 26.3 Å². The fourth-order valence-electron chi connectivity index (χ4n) is 2.47. The van der Waals surface area contributed by atoms with Crippen molar-refractivity contribution in [3.63, 3.8) is 0 Å². The largest absolute Gasteiger partial charge is 0.404 e. The van der Waals surface area contributed by atoms with E-state index in [0.717, 1.165) is 0 Å². The van der Waals surface area contributed by atoms with Crippen LogP contribution in [-0.4, -0.2) is 36.2 Å². The lowest BCUT2D eigenvalue weighted by Gasteiger charge is -2.33. The van der Waals surface area contributed by atoms with E-state index in [1.807, 2.05) is 0 Å². The van der Waals surface area contributed by atoms with E-state index in [0.29, 0.717) is 4.90 Å². The van der Waals surface area contributed by atoms with Crippen molar-refractivity contribution in [2.24, 2.45) is 5.41 Å². The van der Waals surface area contributed by atoms with Gasteiger partial charge < -0.3 is 10.6 Å². The first kappa shape index (κ1) is 19.4. The molecule has 0 saturated carbocycles. The summed E-state index contributed by atoms with van der Waals surface area (Å²) in [6, 6.07) is 5.55. The number of hydrogen-bond donors (Lipinski definition) is 1. The number of anilines is 1. The van der Waals surface area contributed by atoms with E-state index in [1.54, 1.807) is 0 Å².